The van der Waals surface area contributed by atoms with Gasteiger partial charge in [0.2, 0.25) is 5.91 Å². The number of carbonyl (C=O) groups excluding carboxylic acids is 1. The molecule has 0 aromatic carbocycles. The maximum Gasteiger partial charge on any atom is 0.237 e. The van der Waals surface area contributed by atoms with Crippen LogP contribution in [0.1, 0.15) is 33.1 Å². The Morgan fingerprint density at radius 3 is 3.00 bits per heavy atom. The highest BCUT2D eigenvalue weighted by Gasteiger charge is 2.30. The second-order valence-electron chi connectivity index (χ2n) is 4.82. The number of nitrogens with one attached hydrogen (secondary N) is 1. The SMILES string of the molecule is CCCCCNC(=O)C(C)N1CCOCC1CO. The summed E-state index contributed by atoms with van der Waals surface area (Å²) in [4.78, 5) is 14.0. The summed E-state index contributed by atoms with van der Waals surface area (Å²) in [6.45, 7) is 6.65. The topological polar surface area (TPSA) is 61.8 Å². The van der Waals surface area contributed by atoms with E-state index in [2.05, 4.69) is 12.2 Å². The molecule has 1 rings (SSSR count). The lowest BCUT2D eigenvalue weighted by Gasteiger charge is -2.37. The predicted octanol–water partition coefficient (Wildman–Crippen LogP) is 0.374. The Kier molecular flexibility index (Phi) is 7.23. The van der Waals surface area contributed by atoms with Gasteiger partial charge in [0.15, 0.2) is 0 Å². The number of ether oxygens (including phenoxy) is 1. The number of hydrogen-bond donors (Lipinski definition) is 2. The Labute approximate surface area is 109 Å². The third-order valence-corrected chi connectivity index (χ3v) is 3.44. The van der Waals surface area contributed by atoms with Gasteiger partial charge in [0.25, 0.3) is 0 Å². The van der Waals surface area contributed by atoms with Crippen molar-refractivity contribution in [2.45, 2.75) is 45.2 Å². The molecule has 0 aromatic rings. The Balaban J connectivity index is 2.36. The Morgan fingerprint density at radius 1 is 1.56 bits per heavy atom. The highest BCUT2D eigenvalue weighted by molar-refractivity contribution is 5.81. The van der Waals surface area contributed by atoms with Gasteiger partial charge in [0.1, 0.15) is 0 Å². The first kappa shape index (κ1) is 15.4. The maximum absolute atomic E-state index is 12.0. The smallest absolute Gasteiger partial charge is 0.237 e. The summed E-state index contributed by atoms with van der Waals surface area (Å²) in [5, 5.41) is 12.2. The van der Waals surface area contributed by atoms with Crippen molar-refractivity contribution >= 4 is 5.91 Å². The van der Waals surface area contributed by atoms with E-state index in [1.165, 1.54) is 0 Å². The molecule has 1 aliphatic heterocycles. The van der Waals surface area contributed by atoms with Gasteiger partial charge in [0, 0.05) is 13.1 Å². The summed E-state index contributed by atoms with van der Waals surface area (Å²) in [5.74, 6) is 0.0476. The predicted molar refractivity (Wildman–Crippen MR) is 70.4 cm³/mol. The van der Waals surface area contributed by atoms with Crippen LogP contribution in [0, 0.1) is 0 Å². The van der Waals surface area contributed by atoms with Crippen LogP contribution < -0.4 is 5.32 Å². The van der Waals surface area contributed by atoms with Crippen LogP contribution >= 0.6 is 0 Å². The van der Waals surface area contributed by atoms with Crippen LogP contribution in [0.4, 0.5) is 0 Å². The number of rotatable bonds is 7. The number of aliphatic hydroxyl groups is 1. The Hall–Kier alpha value is -0.650. The summed E-state index contributed by atoms with van der Waals surface area (Å²) in [6.07, 6.45) is 3.33. The van der Waals surface area contributed by atoms with Crippen LogP contribution in [-0.2, 0) is 9.53 Å². The average molecular weight is 258 g/mol. The fraction of sp³-hybridized carbons (Fsp3) is 0.923. The molecule has 1 heterocycles. The van der Waals surface area contributed by atoms with Gasteiger partial charge < -0.3 is 15.2 Å². The molecule has 2 unspecified atom stereocenters. The summed E-state index contributed by atoms with van der Waals surface area (Å²) < 4.78 is 5.31. The van der Waals surface area contributed by atoms with Crippen molar-refractivity contribution in [2.75, 3.05) is 32.9 Å². The van der Waals surface area contributed by atoms with Crippen molar-refractivity contribution in [1.82, 2.24) is 10.2 Å². The first-order chi connectivity index (χ1) is 8.70. The molecule has 0 radical (unpaired) electrons. The van der Waals surface area contributed by atoms with Crippen molar-refractivity contribution in [1.29, 1.82) is 0 Å². The molecule has 0 spiro atoms. The zero-order valence-electron chi connectivity index (χ0n) is 11.5. The molecule has 2 N–H and O–H groups in total. The molecule has 0 bridgehead atoms. The van der Waals surface area contributed by atoms with Crippen molar-refractivity contribution in [3.8, 4) is 0 Å². The van der Waals surface area contributed by atoms with E-state index in [4.69, 9.17) is 4.74 Å². The summed E-state index contributed by atoms with van der Waals surface area (Å²) >= 11 is 0. The van der Waals surface area contributed by atoms with E-state index in [0.717, 1.165) is 25.8 Å². The lowest BCUT2D eigenvalue weighted by atomic mass is 10.1. The molecule has 1 saturated heterocycles. The largest absolute Gasteiger partial charge is 0.395 e. The van der Waals surface area contributed by atoms with E-state index in [-0.39, 0.29) is 24.6 Å². The number of amides is 1. The van der Waals surface area contributed by atoms with Crippen LogP contribution in [0.2, 0.25) is 0 Å². The van der Waals surface area contributed by atoms with Crippen molar-refractivity contribution in [2.24, 2.45) is 0 Å². The van der Waals surface area contributed by atoms with E-state index in [0.29, 0.717) is 19.8 Å². The highest BCUT2D eigenvalue weighted by atomic mass is 16.5. The van der Waals surface area contributed by atoms with Gasteiger partial charge in [-0.25, -0.2) is 0 Å². The molecule has 0 saturated carbocycles. The molecular weight excluding hydrogens is 232 g/mol. The lowest BCUT2D eigenvalue weighted by Crippen LogP contribution is -2.56. The van der Waals surface area contributed by atoms with Gasteiger partial charge in [0.05, 0.1) is 31.9 Å². The molecule has 1 amide bonds. The van der Waals surface area contributed by atoms with Crippen molar-refractivity contribution in [3.05, 3.63) is 0 Å². The summed E-state index contributed by atoms with van der Waals surface area (Å²) in [7, 11) is 0. The van der Waals surface area contributed by atoms with E-state index < -0.39 is 0 Å². The molecule has 0 aliphatic carbocycles. The maximum atomic E-state index is 12.0. The average Bonchev–Trinajstić information content (AvgIpc) is 2.42. The first-order valence-electron chi connectivity index (χ1n) is 6.92. The van der Waals surface area contributed by atoms with Crippen LogP contribution in [0.15, 0.2) is 0 Å². The molecule has 0 aromatic heterocycles. The standard InChI is InChI=1S/C13H26N2O3/c1-3-4-5-6-14-13(17)11(2)15-7-8-18-10-12(15)9-16/h11-12,16H,3-10H2,1-2H3,(H,14,17). The number of hydrogen-bond acceptors (Lipinski definition) is 4. The normalized spacial score (nSPS) is 22.7. The Bertz CT molecular complexity index is 248. The van der Waals surface area contributed by atoms with Gasteiger partial charge in [-0.1, -0.05) is 19.8 Å². The number of morpholine rings is 1. The van der Waals surface area contributed by atoms with E-state index in [9.17, 15) is 9.90 Å². The third-order valence-electron chi connectivity index (χ3n) is 3.44. The minimum Gasteiger partial charge on any atom is -0.395 e. The molecular formula is C13H26N2O3. The second kappa shape index (κ2) is 8.45. The highest BCUT2D eigenvalue weighted by Crippen LogP contribution is 2.11. The minimum absolute atomic E-state index is 0.0352. The van der Waals surface area contributed by atoms with Gasteiger partial charge in [-0.3, -0.25) is 9.69 Å². The lowest BCUT2D eigenvalue weighted by molar-refractivity contribution is -0.130. The van der Waals surface area contributed by atoms with Gasteiger partial charge in [-0.2, -0.15) is 0 Å². The van der Waals surface area contributed by atoms with Crippen LogP contribution in [-0.4, -0.2) is 60.9 Å². The monoisotopic (exact) mass is 258 g/mol. The third kappa shape index (κ3) is 4.55. The Morgan fingerprint density at radius 2 is 2.33 bits per heavy atom. The number of unbranched alkanes of at least 4 members (excludes halogenated alkanes) is 2. The zero-order chi connectivity index (χ0) is 13.4. The van der Waals surface area contributed by atoms with E-state index in [1.54, 1.807) is 0 Å². The second-order valence-corrected chi connectivity index (χ2v) is 4.82. The van der Waals surface area contributed by atoms with Gasteiger partial charge >= 0.3 is 0 Å². The first-order valence-corrected chi connectivity index (χ1v) is 6.92. The van der Waals surface area contributed by atoms with Crippen LogP contribution in [0.3, 0.4) is 0 Å². The van der Waals surface area contributed by atoms with Crippen molar-refractivity contribution < 1.29 is 14.6 Å². The number of nitrogens with zero attached hydrogens (tertiary/aromatic N) is 1. The molecule has 5 nitrogen and oxygen atoms in total. The molecule has 2 atom stereocenters. The minimum atomic E-state index is -0.201. The number of carbonyl (C=O) groups is 1. The quantitative estimate of drug-likeness (QED) is 0.648. The van der Waals surface area contributed by atoms with Gasteiger partial charge in [-0.05, 0) is 13.3 Å². The molecule has 1 aliphatic rings. The molecule has 1 fully saturated rings. The fourth-order valence-corrected chi connectivity index (χ4v) is 2.22. The summed E-state index contributed by atoms with van der Waals surface area (Å²) in [5.41, 5.74) is 0. The van der Waals surface area contributed by atoms with Crippen LogP contribution in [0.5, 0.6) is 0 Å². The van der Waals surface area contributed by atoms with Crippen LogP contribution in [0.25, 0.3) is 0 Å². The number of aliphatic hydroxyl groups excluding tert-OH is 1. The van der Waals surface area contributed by atoms with E-state index in [1.807, 2.05) is 11.8 Å². The zero-order valence-corrected chi connectivity index (χ0v) is 11.5. The molecule has 18 heavy (non-hydrogen) atoms. The fourth-order valence-electron chi connectivity index (χ4n) is 2.22. The molecule has 5 heteroatoms. The van der Waals surface area contributed by atoms with E-state index >= 15 is 0 Å². The van der Waals surface area contributed by atoms with Crippen molar-refractivity contribution in [3.63, 3.8) is 0 Å². The van der Waals surface area contributed by atoms with Gasteiger partial charge in [-0.15, -0.1) is 0 Å². The molecule has 106 valence electrons. The summed E-state index contributed by atoms with van der Waals surface area (Å²) in [6, 6.07) is -0.261.